The molecule has 5 aliphatic rings. The summed E-state index contributed by atoms with van der Waals surface area (Å²) < 4.78 is 13.9. The zero-order chi connectivity index (χ0) is 82.2. The lowest BCUT2D eigenvalue weighted by molar-refractivity contribution is 0.231. The van der Waals surface area contributed by atoms with Gasteiger partial charge in [0, 0.05) is 162 Å². The third-order valence-corrected chi connectivity index (χ3v) is 23.4. The van der Waals surface area contributed by atoms with Gasteiger partial charge in [-0.05, 0) is 190 Å². The Morgan fingerprint density at radius 2 is 1.08 bits per heavy atom. The van der Waals surface area contributed by atoms with E-state index in [1.165, 1.54) is 25.0 Å². The first-order valence-electron chi connectivity index (χ1n) is 41.0. The Balaban J connectivity index is 0.000000109. The number of imidazole rings is 1. The molecule has 4 saturated heterocycles. The van der Waals surface area contributed by atoms with E-state index in [1.807, 2.05) is 163 Å². The zero-order valence-corrected chi connectivity index (χ0v) is 68.6. The summed E-state index contributed by atoms with van der Waals surface area (Å²) in [6.07, 6.45) is 25.0. The average molecular weight is 1590 g/mol. The number of pyridine rings is 4. The molecule has 0 aliphatic carbocycles. The van der Waals surface area contributed by atoms with Crippen LogP contribution >= 0.6 is 0 Å². The van der Waals surface area contributed by atoms with Crippen LogP contribution in [-0.2, 0) is 13.5 Å². The van der Waals surface area contributed by atoms with E-state index in [-0.39, 0.29) is 22.2 Å². The van der Waals surface area contributed by atoms with Gasteiger partial charge in [-0.15, -0.1) is 0 Å². The second-order valence-electron chi connectivity index (χ2n) is 32.2. The molecule has 0 spiro atoms. The number of fused-ring (bicyclic) bond motifs is 9. The number of benzene rings is 1. The number of rotatable bonds is 10. The van der Waals surface area contributed by atoms with Crippen molar-refractivity contribution in [2.75, 3.05) is 86.7 Å². The Kier molecular flexibility index (Phi) is 20.6. The molecule has 1 aromatic carbocycles. The third-order valence-electron chi connectivity index (χ3n) is 23.4. The molecule has 30 heteroatoms. The molecule has 16 aromatic rings. The Hall–Kier alpha value is -13.0. The molecular formula is C89H96N26O4. The van der Waals surface area contributed by atoms with Crippen LogP contribution in [0.5, 0.6) is 0 Å². The monoisotopic (exact) mass is 1590 g/mol. The molecule has 4 N–H and O–H groups in total. The minimum Gasteiger partial charge on any atom is -0.370 e. The summed E-state index contributed by atoms with van der Waals surface area (Å²) >= 11 is 0. The maximum absolute atomic E-state index is 13.1. The normalized spacial score (nSPS) is 17.7. The molecule has 119 heavy (non-hydrogen) atoms. The summed E-state index contributed by atoms with van der Waals surface area (Å²) in [7, 11) is 1.89. The summed E-state index contributed by atoms with van der Waals surface area (Å²) in [5, 5.41) is 21.5. The van der Waals surface area contributed by atoms with Crippen molar-refractivity contribution in [3.8, 4) is 45.3 Å². The van der Waals surface area contributed by atoms with Gasteiger partial charge in [-0.1, -0.05) is 19.1 Å². The first-order chi connectivity index (χ1) is 57.5. The molecule has 0 radical (unpaired) electrons. The van der Waals surface area contributed by atoms with E-state index in [9.17, 15) is 19.2 Å². The fraction of sp³-hybridized carbons (Fsp3) is 0.337. The highest BCUT2D eigenvalue weighted by molar-refractivity contribution is 5.84. The first kappa shape index (κ1) is 77.2. The molecule has 0 saturated carbocycles. The van der Waals surface area contributed by atoms with Crippen molar-refractivity contribution in [1.29, 1.82) is 0 Å². The summed E-state index contributed by atoms with van der Waals surface area (Å²) in [5.74, 6) is 1.33. The van der Waals surface area contributed by atoms with Gasteiger partial charge in [0.2, 0.25) is 0 Å². The Morgan fingerprint density at radius 3 is 1.71 bits per heavy atom. The van der Waals surface area contributed by atoms with Gasteiger partial charge in [-0.3, -0.25) is 56.3 Å². The standard InChI is InChI=1S/C25H28N6O.C23H24N6O.C21H23N7O.C20H21N7O/c1-3-18-11-19(14-30-13-17(2)26-25(18)30)22-12-24(32)31-16-21(6-7-23(31)27-22)29-10-9-28-8-4-5-20(28)15-29;1-13-7-18(8-14(2)24-13)17-5-6-22-26-19(10-23(30)28(22)12-17)20-9-21-16(4)25-15(3)11-29(21)27-20;1-13-10-28-19(14(2)23-13)7-18(25-28)17-8-21(29)27-12-16(3-4-20(27)24-17)26-6-5-15(9-22)11-26;1-13-20-23-17(14-3-4-16-15(9-14)11-25(2)24-16)10-19(28)27(20)12-18(22-13)26-7-5-21-6-8-26/h6-7,11-14,16,20H,3-5,8-10,15H2,1-2H3;5-7,9-14,24H,8H2,1-4H3;3-4,7-8,10,12,15H,5-6,9,11,22H2,1-2H3;3-4,9-12,21H,5-8H2,1-2H3/t20-;13-,14-;15-;/m001./s1. The third kappa shape index (κ3) is 15.6. The van der Waals surface area contributed by atoms with Crippen LogP contribution < -0.4 is 53.3 Å². The number of piperazine rings is 2. The van der Waals surface area contributed by atoms with E-state index >= 15 is 0 Å². The van der Waals surface area contributed by atoms with Crippen molar-refractivity contribution in [2.24, 2.45) is 18.7 Å². The van der Waals surface area contributed by atoms with E-state index in [1.54, 1.807) is 61.8 Å². The molecule has 0 bridgehead atoms. The summed E-state index contributed by atoms with van der Waals surface area (Å²) in [6, 6.07) is 31.5. The number of aromatic nitrogens is 19. The number of hydrogen-bond acceptors (Lipinski definition) is 22. The van der Waals surface area contributed by atoms with Gasteiger partial charge in [0.05, 0.1) is 103 Å². The van der Waals surface area contributed by atoms with Crippen LogP contribution in [0.15, 0.2) is 178 Å². The van der Waals surface area contributed by atoms with Crippen LogP contribution in [0, 0.1) is 47.5 Å². The van der Waals surface area contributed by atoms with Gasteiger partial charge in [0.1, 0.15) is 39.8 Å². The SMILES string of the molecule is CCc1cc(-c2cc(=O)n3cc(N4CCN5CCC[C@H]5C4)ccc3n2)cn2cc(C)nc12.Cc1cn2nc(-c3cc(=O)n4cc(C5=C[C@H](C)N[C@@H](C)C5)ccc4n3)cc2c(C)n1.Cc1cn2nc(-c3cc(=O)n4cc(N5CC[C@H](CN)C5)ccc4n3)cc2c(C)n1.Cc1nc(N2CCNCC2)cn2c(=O)cc(-c3ccc4nn(C)cc4c3)nc12. The van der Waals surface area contributed by atoms with E-state index in [0.29, 0.717) is 87.3 Å². The highest BCUT2D eigenvalue weighted by Crippen LogP contribution is 2.32. The van der Waals surface area contributed by atoms with Crippen molar-refractivity contribution in [2.45, 2.75) is 113 Å². The average Bonchev–Trinajstić information content (AvgIpc) is 1.30. The van der Waals surface area contributed by atoms with Crippen molar-refractivity contribution >= 4 is 72.9 Å². The first-order valence-corrected chi connectivity index (χ1v) is 41.0. The molecule has 15 aromatic heterocycles. The van der Waals surface area contributed by atoms with Crippen LogP contribution in [-0.4, -0.2) is 186 Å². The summed E-state index contributed by atoms with van der Waals surface area (Å²) in [5.41, 5.74) is 28.1. The molecule has 20 heterocycles. The van der Waals surface area contributed by atoms with Gasteiger partial charge in [0.25, 0.3) is 22.2 Å². The lowest BCUT2D eigenvalue weighted by Crippen LogP contribution is -2.50. The number of nitrogens with one attached hydrogen (secondary N) is 2. The summed E-state index contributed by atoms with van der Waals surface area (Å²) in [6.45, 7) is 28.7. The Morgan fingerprint density at radius 1 is 0.479 bits per heavy atom. The van der Waals surface area contributed by atoms with Crippen LogP contribution in [0.3, 0.4) is 0 Å². The number of nitrogens with zero attached hydrogens (tertiary/aromatic N) is 23. The van der Waals surface area contributed by atoms with Gasteiger partial charge >= 0.3 is 0 Å². The highest BCUT2D eigenvalue weighted by Gasteiger charge is 2.32. The molecular weight excluding hydrogens is 1500 g/mol. The number of aryl methyl sites for hydroxylation is 8. The van der Waals surface area contributed by atoms with Crippen LogP contribution in [0.4, 0.5) is 17.2 Å². The maximum Gasteiger partial charge on any atom is 0.258 e. The van der Waals surface area contributed by atoms with E-state index < -0.39 is 0 Å². The molecule has 0 unspecified atom stereocenters. The molecule has 5 aliphatic heterocycles. The fourth-order valence-corrected chi connectivity index (χ4v) is 17.5. The van der Waals surface area contributed by atoms with Crippen LogP contribution in [0.2, 0.25) is 0 Å². The van der Waals surface area contributed by atoms with Crippen molar-refractivity contribution < 1.29 is 0 Å². The Labute approximate surface area is 684 Å². The predicted molar refractivity (Wildman–Crippen MR) is 465 cm³/mol. The lowest BCUT2D eigenvalue weighted by Gasteiger charge is -2.38. The van der Waals surface area contributed by atoms with E-state index in [2.05, 4.69) is 104 Å². The number of anilines is 3. The molecule has 21 rings (SSSR count). The minimum absolute atomic E-state index is 0.0497. The molecule has 0 amide bonds. The smallest absolute Gasteiger partial charge is 0.258 e. The van der Waals surface area contributed by atoms with Gasteiger partial charge in [-0.2, -0.15) is 15.3 Å². The van der Waals surface area contributed by atoms with Crippen molar-refractivity contribution in [1.82, 2.24) is 106 Å². The van der Waals surface area contributed by atoms with Crippen molar-refractivity contribution in [3.05, 3.63) is 246 Å². The second kappa shape index (κ2) is 31.8. The topological polar surface area (TPSA) is 309 Å². The molecule has 4 atom stereocenters. The van der Waals surface area contributed by atoms with Crippen LogP contribution in [0.25, 0.3) is 101 Å². The number of nitrogens with two attached hydrogens (primary N) is 1. The largest absolute Gasteiger partial charge is 0.370 e. The van der Waals surface area contributed by atoms with E-state index in [4.69, 9.17) is 25.7 Å². The predicted octanol–water partition coefficient (Wildman–Crippen LogP) is 9.51. The van der Waals surface area contributed by atoms with Gasteiger partial charge < -0.3 is 35.5 Å². The Bertz CT molecular complexity index is 6960. The number of hydrogen-bond donors (Lipinski definition) is 3. The van der Waals surface area contributed by atoms with Gasteiger partial charge in [-0.25, -0.2) is 38.9 Å². The van der Waals surface area contributed by atoms with E-state index in [0.717, 1.165) is 179 Å². The second-order valence-corrected chi connectivity index (χ2v) is 32.2. The molecule has 4 fully saturated rings. The summed E-state index contributed by atoms with van der Waals surface area (Å²) in [4.78, 5) is 98.5. The highest BCUT2D eigenvalue weighted by atomic mass is 16.1. The van der Waals surface area contributed by atoms with Crippen LogP contribution in [0.1, 0.15) is 91.7 Å². The minimum atomic E-state index is -0.121. The quantitative estimate of drug-likeness (QED) is 0.115. The van der Waals surface area contributed by atoms with Gasteiger partial charge in [0.15, 0.2) is 5.65 Å². The lowest BCUT2D eigenvalue weighted by atomic mass is 9.94. The molecule has 30 nitrogen and oxygen atoms in total. The molecule has 606 valence electrons. The maximum atomic E-state index is 13.1. The fourth-order valence-electron chi connectivity index (χ4n) is 17.5. The zero-order valence-electron chi connectivity index (χ0n) is 68.6. The van der Waals surface area contributed by atoms with Crippen molar-refractivity contribution in [3.63, 3.8) is 0 Å².